The standard InChI is InChI=1S/C16H12BrN3O5S2/c17-13-8-7-12(25-13)16(22)19-18-15(21)10-3-5-11(6-4-10)20-27(23,24)14-2-1-9-26-14/h1-9,20H,(H,18,21)(H,19,22). The lowest BCUT2D eigenvalue weighted by molar-refractivity contribution is 0.0830. The highest BCUT2D eigenvalue weighted by Crippen LogP contribution is 2.20. The number of hydrogen-bond acceptors (Lipinski definition) is 6. The van der Waals surface area contributed by atoms with Crippen molar-refractivity contribution >= 4 is 54.8 Å². The predicted octanol–water partition coefficient (Wildman–Crippen LogP) is 2.98. The lowest BCUT2D eigenvalue weighted by atomic mass is 10.2. The molecule has 0 aliphatic heterocycles. The van der Waals surface area contributed by atoms with Crippen molar-refractivity contribution in [1.29, 1.82) is 0 Å². The Kier molecular flexibility index (Phi) is 5.63. The van der Waals surface area contributed by atoms with E-state index in [2.05, 4.69) is 31.5 Å². The van der Waals surface area contributed by atoms with Crippen molar-refractivity contribution in [3.05, 3.63) is 69.9 Å². The van der Waals surface area contributed by atoms with E-state index >= 15 is 0 Å². The molecule has 3 aromatic rings. The molecule has 2 aromatic heterocycles. The number of carbonyl (C=O) groups is 2. The highest BCUT2D eigenvalue weighted by atomic mass is 79.9. The number of hydrogen-bond donors (Lipinski definition) is 3. The molecule has 0 saturated carbocycles. The van der Waals surface area contributed by atoms with Gasteiger partial charge in [-0.3, -0.25) is 25.2 Å². The lowest BCUT2D eigenvalue weighted by Crippen LogP contribution is -2.41. The lowest BCUT2D eigenvalue weighted by Gasteiger charge is -2.08. The van der Waals surface area contributed by atoms with E-state index < -0.39 is 21.8 Å². The van der Waals surface area contributed by atoms with Crippen LogP contribution >= 0.6 is 27.3 Å². The van der Waals surface area contributed by atoms with E-state index in [0.29, 0.717) is 10.4 Å². The Labute approximate surface area is 166 Å². The van der Waals surface area contributed by atoms with Crippen LogP contribution in [0.25, 0.3) is 0 Å². The molecular weight excluding hydrogens is 458 g/mol. The number of anilines is 1. The number of halogens is 1. The van der Waals surface area contributed by atoms with Crippen molar-refractivity contribution in [1.82, 2.24) is 10.9 Å². The number of rotatable bonds is 5. The zero-order valence-corrected chi connectivity index (χ0v) is 16.7. The molecule has 0 unspecified atom stereocenters. The normalized spacial score (nSPS) is 11.0. The summed E-state index contributed by atoms with van der Waals surface area (Å²) in [6, 6.07) is 11.9. The fraction of sp³-hybridized carbons (Fsp3) is 0. The molecule has 0 fully saturated rings. The summed E-state index contributed by atoms with van der Waals surface area (Å²) in [6.07, 6.45) is 0. The topological polar surface area (TPSA) is 118 Å². The van der Waals surface area contributed by atoms with Crippen molar-refractivity contribution in [3.8, 4) is 0 Å². The molecule has 0 bridgehead atoms. The summed E-state index contributed by atoms with van der Waals surface area (Å²) >= 11 is 4.18. The first kappa shape index (κ1) is 19.1. The molecule has 2 heterocycles. The maximum absolute atomic E-state index is 12.2. The molecule has 0 aliphatic carbocycles. The summed E-state index contributed by atoms with van der Waals surface area (Å²) in [5.41, 5.74) is 5.01. The van der Waals surface area contributed by atoms with E-state index in [1.807, 2.05) is 0 Å². The first-order valence-corrected chi connectivity index (χ1v) is 10.5. The van der Waals surface area contributed by atoms with E-state index in [4.69, 9.17) is 4.42 Å². The molecule has 3 rings (SSSR count). The second-order valence-corrected chi connectivity index (χ2v) is 8.77. The van der Waals surface area contributed by atoms with Crippen molar-refractivity contribution in [3.63, 3.8) is 0 Å². The highest BCUT2D eigenvalue weighted by molar-refractivity contribution is 9.10. The zero-order chi connectivity index (χ0) is 19.4. The van der Waals surface area contributed by atoms with Crippen LogP contribution in [0.4, 0.5) is 5.69 Å². The average Bonchev–Trinajstić information content (AvgIpc) is 3.32. The van der Waals surface area contributed by atoms with E-state index in [1.54, 1.807) is 17.5 Å². The second kappa shape index (κ2) is 7.94. The minimum Gasteiger partial charge on any atom is -0.444 e. The van der Waals surface area contributed by atoms with Gasteiger partial charge in [0.25, 0.3) is 15.9 Å². The van der Waals surface area contributed by atoms with Gasteiger partial charge in [0.05, 0.1) is 0 Å². The molecule has 0 aliphatic rings. The van der Waals surface area contributed by atoms with Crippen LogP contribution in [0.2, 0.25) is 0 Å². The number of nitrogens with one attached hydrogen (secondary N) is 3. The highest BCUT2D eigenvalue weighted by Gasteiger charge is 2.16. The fourth-order valence-electron chi connectivity index (χ4n) is 2.00. The van der Waals surface area contributed by atoms with Crippen molar-refractivity contribution in [2.75, 3.05) is 4.72 Å². The maximum atomic E-state index is 12.2. The van der Waals surface area contributed by atoms with Crippen LogP contribution in [-0.2, 0) is 10.0 Å². The van der Waals surface area contributed by atoms with E-state index in [-0.39, 0.29) is 15.5 Å². The Morgan fingerprint density at radius 3 is 2.26 bits per heavy atom. The first-order valence-electron chi connectivity index (χ1n) is 7.37. The molecule has 3 N–H and O–H groups in total. The largest absolute Gasteiger partial charge is 0.444 e. The van der Waals surface area contributed by atoms with Crippen molar-refractivity contribution in [2.45, 2.75) is 4.21 Å². The van der Waals surface area contributed by atoms with Crippen LogP contribution in [0.15, 0.2) is 67.2 Å². The van der Waals surface area contributed by atoms with Gasteiger partial charge < -0.3 is 4.42 Å². The van der Waals surface area contributed by atoms with Crippen LogP contribution in [0, 0.1) is 0 Å². The van der Waals surface area contributed by atoms with Crippen LogP contribution in [0.3, 0.4) is 0 Å². The number of sulfonamides is 1. The van der Waals surface area contributed by atoms with Gasteiger partial charge in [0.1, 0.15) is 4.21 Å². The molecule has 11 heteroatoms. The third-order valence-electron chi connectivity index (χ3n) is 3.25. The van der Waals surface area contributed by atoms with Crippen LogP contribution in [0.1, 0.15) is 20.9 Å². The molecular formula is C16H12BrN3O5S2. The third kappa shape index (κ3) is 4.76. The number of furan rings is 1. The Bertz CT molecular complexity index is 1060. The summed E-state index contributed by atoms with van der Waals surface area (Å²) in [5.74, 6) is -1.16. The van der Waals surface area contributed by atoms with Crippen LogP contribution < -0.4 is 15.6 Å². The SMILES string of the molecule is O=C(NNC(=O)c1ccc(Br)o1)c1ccc(NS(=O)(=O)c2cccs2)cc1. The number of benzene rings is 1. The number of amides is 2. The number of hydrazine groups is 1. The summed E-state index contributed by atoms with van der Waals surface area (Å²) < 4.78 is 32.4. The van der Waals surface area contributed by atoms with Gasteiger partial charge in [-0.2, -0.15) is 0 Å². The van der Waals surface area contributed by atoms with Crippen molar-refractivity contribution < 1.29 is 22.4 Å². The molecule has 140 valence electrons. The zero-order valence-electron chi connectivity index (χ0n) is 13.4. The van der Waals surface area contributed by atoms with Gasteiger partial charge in [-0.25, -0.2) is 8.42 Å². The molecule has 1 aromatic carbocycles. The van der Waals surface area contributed by atoms with Crippen LogP contribution in [0.5, 0.6) is 0 Å². The summed E-state index contributed by atoms with van der Waals surface area (Å²) in [4.78, 5) is 23.9. The van der Waals surface area contributed by atoms with Gasteiger partial charge >= 0.3 is 5.91 Å². The van der Waals surface area contributed by atoms with Gasteiger partial charge in [0, 0.05) is 11.3 Å². The molecule has 0 saturated heterocycles. The second-order valence-electron chi connectivity index (χ2n) is 5.13. The van der Waals surface area contributed by atoms with Crippen molar-refractivity contribution in [2.24, 2.45) is 0 Å². The minimum atomic E-state index is -3.66. The Morgan fingerprint density at radius 1 is 0.963 bits per heavy atom. The smallest absolute Gasteiger partial charge is 0.305 e. The van der Waals surface area contributed by atoms with E-state index in [9.17, 15) is 18.0 Å². The van der Waals surface area contributed by atoms with Gasteiger partial charge in [0.15, 0.2) is 10.4 Å². The first-order chi connectivity index (χ1) is 12.8. The molecule has 27 heavy (non-hydrogen) atoms. The molecule has 2 amide bonds. The quantitative estimate of drug-likeness (QED) is 0.496. The molecule has 0 spiro atoms. The Balaban J connectivity index is 1.59. The van der Waals surface area contributed by atoms with Crippen LogP contribution in [-0.4, -0.2) is 20.2 Å². The maximum Gasteiger partial charge on any atom is 0.305 e. The van der Waals surface area contributed by atoms with Gasteiger partial charge in [-0.15, -0.1) is 11.3 Å². The average molecular weight is 470 g/mol. The monoisotopic (exact) mass is 469 g/mol. The summed E-state index contributed by atoms with van der Waals surface area (Å²) in [6.45, 7) is 0. The Hall–Kier alpha value is -2.63. The van der Waals surface area contributed by atoms with Gasteiger partial charge in [-0.05, 0) is 63.8 Å². The number of carbonyl (C=O) groups excluding carboxylic acids is 2. The number of thiophene rings is 1. The molecule has 8 nitrogen and oxygen atoms in total. The molecule has 0 atom stereocenters. The Morgan fingerprint density at radius 2 is 1.67 bits per heavy atom. The fourth-order valence-corrected chi connectivity index (χ4v) is 4.35. The van der Waals surface area contributed by atoms with Gasteiger partial charge in [-0.1, -0.05) is 6.07 Å². The van der Waals surface area contributed by atoms with E-state index in [1.165, 1.54) is 36.4 Å². The predicted molar refractivity (Wildman–Crippen MR) is 103 cm³/mol. The summed E-state index contributed by atoms with van der Waals surface area (Å²) in [5, 5.41) is 1.66. The third-order valence-corrected chi connectivity index (χ3v) is 6.45. The minimum absolute atomic E-state index is 0.0282. The molecule has 0 radical (unpaired) electrons. The van der Waals surface area contributed by atoms with E-state index in [0.717, 1.165) is 11.3 Å². The van der Waals surface area contributed by atoms with Gasteiger partial charge in [0.2, 0.25) is 0 Å². The summed E-state index contributed by atoms with van der Waals surface area (Å²) in [7, 11) is -3.66.